The zero-order chi connectivity index (χ0) is 15.0. The summed E-state index contributed by atoms with van der Waals surface area (Å²) in [4.78, 5) is 11.5. The lowest BCUT2D eigenvalue weighted by atomic mass is 10.2. The third-order valence-electron chi connectivity index (χ3n) is 2.78. The van der Waals surface area contributed by atoms with Crippen molar-refractivity contribution in [3.05, 3.63) is 29.8 Å². The average Bonchev–Trinajstić information content (AvgIpc) is 2.46. The summed E-state index contributed by atoms with van der Waals surface area (Å²) in [6, 6.07) is 5.75. The molecule has 1 aromatic carbocycles. The van der Waals surface area contributed by atoms with Crippen molar-refractivity contribution < 1.29 is 18.3 Å². The van der Waals surface area contributed by atoms with Crippen LogP contribution >= 0.6 is 0 Å². The lowest BCUT2D eigenvalue weighted by Gasteiger charge is -2.07. The third-order valence-corrected chi connectivity index (χ3v) is 4.26. The fourth-order valence-corrected chi connectivity index (χ4v) is 2.71. The summed E-state index contributed by atoms with van der Waals surface area (Å²) in [5.74, 6) is -0.258. The first kappa shape index (κ1) is 16.6. The highest BCUT2D eigenvalue weighted by Crippen LogP contribution is 2.10. The number of nitrogens with one attached hydrogen (secondary N) is 2. The normalized spacial score (nSPS) is 11.3. The van der Waals surface area contributed by atoms with E-state index in [9.17, 15) is 13.2 Å². The van der Waals surface area contributed by atoms with Crippen LogP contribution in [-0.2, 0) is 10.0 Å². The molecule has 112 valence electrons. The van der Waals surface area contributed by atoms with Crippen LogP contribution in [0.1, 0.15) is 29.6 Å². The van der Waals surface area contributed by atoms with Gasteiger partial charge >= 0.3 is 0 Å². The van der Waals surface area contributed by atoms with E-state index in [0.717, 1.165) is 6.42 Å². The molecule has 0 aliphatic rings. The lowest BCUT2D eigenvalue weighted by molar-refractivity contribution is 0.0963. The minimum Gasteiger partial charge on any atom is -0.396 e. The van der Waals surface area contributed by atoms with Crippen LogP contribution in [0.15, 0.2) is 29.2 Å². The molecule has 1 aromatic rings. The van der Waals surface area contributed by atoms with Gasteiger partial charge in [0.1, 0.15) is 0 Å². The molecule has 0 saturated carbocycles. The second-order valence-corrected chi connectivity index (χ2v) is 6.05. The second-order valence-electron chi connectivity index (χ2n) is 4.29. The van der Waals surface area contributed by atoms with Crippen LogP contribution in [0.25, 0.3) is 0 Å². The van der Waals surface area contributed by atoms with Crippen LogP contribution in [0.4, 0.5) is 0 Å². The van der Waals surface area contributed by atoms with Gasteiger partial charge in [0, 0.05) is 25.8 Å². The molecule has 0 aromatic heterocycles. The fourth-order valence-electron chi connectivity index (χ4n) is 1.63. The minimum absolute atomic E-state index is 0.119. The number of carbonyl (C=O) groups excluding carboxylic acids is 1. The van der Waals surface area contributed by atoms with E-state index in [0.29, 0.717) is 24.9 Å². The number of unbranched alkanes of at least 4 members (excludes halogenated alkanes) is 2. The Kier molecular flexibility index (Phi) is 6.63. The number of hydrogen-bond donors (Lipinski definition) is 3. The van der Waals surface area contributed by atoms with Crippen LogP contribution in [0.5, 0.6) is 0 Å². The van der Waals surface area contributed by atoms with E-state index in [1.54, 1.807) is 0 Å². The summed E-state index contributed by atoms with van der Waals surface area (Å²) >= 11 is 0. The standard InChI is InChI=1S/C13H20N2O4S/c1-14-13(17)11-5-7-12(8-6-11)20(18,19)15-9-3-2-4-10-16/h5-8,15-16H,2-4,9-10H2,1H3,(H,14,17). The van der Waals surface area contributed by atoms with Gasteiger partial charge < -0.3 is 10.4 Å². The minimum atomic E-state index is -3.54. The van der Waals surface area contributed by atoms with Crippen LogP contribution in [-0.4, -0.2) is 39.6 Å². The van der Waals surface area contributed by atoms with Crippen molar-refractivity contribution in [2.45, 2.75) is 24.2 Å². The van der Waals surface area contributed by atoms with Gasteiger partial charge in [-0.1, -0.05) is 0 Å². The molecule has 0 spiro atoms. The largest absolute Gasteiger partial charge is 0.396 e. The summed E-state index contributed by atoms with van der Waals surface area (Å²) in [5.41, 5.74) is 0.411. The number of amides is 1. The van der Waals surface area contributed by atoms with E-state index in [4.69, 9.17) is 5.11 Å². The molecule has 0 fully saturated rings. The molecule has 0 aliphatic carbocycles. The number of carbonyl (C=O) groups is 1. The SMILES string of the molecule is CNC(=O)c1ccc(S(=O)(=O)NCCCCCO)cc1. The Balaban J connectivity index is 2.61. The van der Waals surface area contributed by atoms with Gasteiger partial charge in [-0.25, -0.2) is 13.1 Å². The molecule has 0 bridgehead atoms. The molecule has 0 heterocycles. The van der Waals surface area contributed by atoms with Crippen LogP contribution in [0.2, 0.25) is 0 Å². The Morgan fingerprint density at radius 2 is 1.80 bits per heavy atom. The number of benzene rings is 1. The fraction of sp³-hybridized carbons (Fsp3) is 0.462. The van der Waals surface area contributed by atoms with Crippen molar-refractivity contribution in [3.8, 4) is 0 Å². The molecule has 1 amide bonds. The van der Waals surface area contributed by atoms with Gasteiger partial charge in [0.2, 0.25) is 10.0 Å². The first-order valence-electron chi connectivity index (χ1n) is 6.44. The maximum absolute atomic E-state index is 12.0. The molecule has 0 aliphatic heterocycles. The van der Waals surface area contributed by atoms with Crippen molar-refractivity contribution in [2.24, 2.45) is 0 Å². The molecule has 1 rings (SSSR count). The predicted molar refractivity (Wildman–Crippen MR) is 76.0 cm³/mol. The Labute approximate surface area is 119 Å². The van der Waals surface area contributed by atoms with Crippen LogP contribution in [0.3, 0.4) is 0 Å². The van der Waals surface area contributed by atoms with E-state index in [1.165, 1.54) is 31.3 Å². The highest BCUT2D eigenvalue weighted by atomic mass is 32.2. The number of sulfonamides is 1. The van der Waals surface area contributed by atoms with Gasteiger partial charge in [0.15, 0.2) is 0 Å². The first-order valence-corrected chi connectivity index (χ1v) is 7.92. The van der Waals surface area contributed by atoms with Gasteiger partial charge in [-0.15, -0.1) is 0 Å². The van der Waals surface area contributed by atoms with E-state index in [-0.39, 0.29) is 17.4 Å². The lowest BCUT2D eigenvalue weighted by Crippen LogP contribution is -2.25. The van der Waals surface area contributed by atoms with E-state index < -0.39 is 10.0 Å². The summed E-state index contributed by atoms with van der Waals surface area (Å²) in [6.45, 7) is 0.452. The number of rotatable bonds is 8. The molecule has 0 atom stereocenters. The maximum Gasteiger partial charge on any atom is 0.251 e. The number of hydrogen-bond acceptors (Lipinski definition) is 4. The molecule has 20 heavy (non-hydrogen) atoms. The molecule has 7 heteroatoms. The monoisotopic (exact) mass is 300 g/mol. The van der Waals surface area contributed by atoms with Crippen LogP contribution in [0, 0.1) is 0 Å². The highest BCUT2D eigenvalue weighted by molar-refractivity contribution is 7.89. The van der Waals surface area contributed by atoms with E-state index in [1.807, 2.05) is 0 Å². The summed E-state index contributed by atoms with van der Waals surface area (Å²) in [7, 11) is -2.03. The zero-order valence-corrected chi connectivity index (χ0v) is 12.2. The molecule has 0 unspecified atom stereocenters. The molecule has 0 saturated heterocycles. The topological polar surface area (TPSA) is 95.5 Å². The van der Waals surface area contributed by atoms with E-state index >= 15 is 0 Å². The number of aliphatic hydroxyl groups is 1. The van der Waals surface area contributed by atoms with Gasteiger partial charge in [-0.3, -0.25) is 4.79 Å². The molecular weight excluding hydrogens is 280 g/mol. The second kappa shape index (κ2) is 7.98. The van der Waals surface area contributed by atoms with Gasteiger partial charge in [0.05, 0.1) is 4.90 Å². The third kappa shape index (κ3) is 4.92. The first-order chi connectivity index (χ1) is 9.51. The zero-order valence-electron chi connectivity index (χ0n) is 11.4. The molecular formula is C13H20N2O4S. The van der Waals surface area contributed by atoms with Crippen molar-refractivity contribution in [1.82, 2.24) is 10.0 Å². The Morgan fingerprint density at radius 3 is 2.35 bits per heavy atom. The predicted octanol–water partition coefficient (Wildman–Crippen LogP) is 0.487. The average molecular weight is 300 g/mol. The maximum atomic E-state index is 12.0. The van der Waals surface area contributed by atoms with Gasteiger partial charge in [-0.05, 0) is 43.5 Å². The molecule has 0 radical (unpaired) electrons. The molecule has 3 N–H and O–H groups in total. The highest BCUT2D eigenvalue weighted by Gasteiger charge is 2.13. The Morgan fingerprint density at radius 1 is 1.15 bits per heavy atom. The Hall–Kier alpha value is -1.44. The van der Waals surface area contributed by atoms with E-state index in [2.05, 4.69) is 10.0 Å². The summed E-state index contributed by atoms with van der Waals surface area (Å²) < 4.78 is 26.4. The van der Waals surface area contributed by atoms with Crippen molar-refractivity contribution in [2.75, 3.05) is 20.2 Å². The summed E-state index contributed by atoms with van der Waals surface area (Å²) in [5, 5.41) is 11.1. The summed E-state index contributed by atoms with van der Waals surface area (Å²) in [6.07, 6.45) is 2.12. The number of aliphatic hydroxyl groups excluding tert-OH is 1. The van der Waals surface area contributed by atoms with Gasteiger partial charge in [0.25, 0.3) is 5.91 Å². The molecule has 6 nitrogen and oxygen atoms in total. The van der Waals surface area contributed by atoms with Gasteiger partial charge in [-0.2, -0.15) is 0 Å². The van der Waals surface area contributed by atoms with Crippen molar-refractivity contribution in [3.63, 3.8) is 0 Å². The van der Waals surface area contributed by atoms with Crippen molar-refractivity contribution in [1.29, 1.82) is 0 Å². The smallest absolute Gasteiger partial charge is 0.251 e. The van der Waals surface area contributed by atoms with Crippen LogP contribution < -0.4 is 10.0 Å². The Bertz CT molecular complexity index is 526. The quantitative estimate of drug-likeness (QED) is 0.609. The van der Waals surface area contributed by atoms with Crippen molar-refractivity contribution >= 4 is 15.9 Å².